The summed E-state index contributed by atoms with van der Waals surface area (Å²) in [6, 6.07) is 12.7. The average Bonchev–Trinajstić information content (AvgIpc) is 3.05. The Balaban J connectivity index is 1.61. The Labute approximate surface area is 169 Å². The highest BCUT2D eigenvalue weighted by Crippen LogP contribution is 2.38. The van der Waals surface area contributed by atoms with Crippen LogP contribution >= 0.6 is 0 Å². The second kappa shape index (κ2) is 6.08. The minimum Gasteiger partial charge on any atom is -0.399 e. The Bertz CT molecular complexity index is 775. The monoisotopic (exact) mass is 380 g/mol. The van der Waals surface area contributed by atoms with Crippen molar-refractivity contribution in [3.05, 3.63) is 36.4 Å². The zero-order valence-corrected chi connectivity index (χ0v) is 18.3. The molecule has 6 heteroatoms. The highest BCUT2D eigenvalue weighted by Gasteiger charge is 2.53. The lowest BCUT2D eigenvalue weighted by atomic mass is 9.80. The quantitative estimate of drug-likeness (QED) is 0.749. The van der Waals surface area contributed by atoms with Gasteiger partial charge in [0.15, 0.2) is 0 Å². The first-order valence-corrected chi connectivity index (χ1v) is 10.1. The van der Waals surface area contributed by atoms with E-state index in [2.05, 4.69) is 91.8 Å². The molecule has 0 radical (unpaired) electrons. The fourth-order valence-corrected chi connectivity index (χ4v) is 3.54. The zero-order valence-electron chi connectivity index (χ0n) is 18.3. The minimum atomic E-state index is -0.357. The topological polar surface area (TPSA) is 36.9 Å². The smallest absolute Gasteiger partial charge is 0.399 e. The summed E-state index contributed by atoms with van der Waals surface area (Å²) in [5, 5.41) is 0. The second-order valence-electron chi connectivity index (χ2n) is 10.0. The predicted molar refractivity (Wildman–Crippen MR) is 114 cm³/mol. The Morgan fingerprint density at radius 3 is 1.18 bits per heavy atom. The van der Waals surface area contributed by atoms with E-state index in [1.165, 1.54) is 0 Å². The van der Waals surface area contributed by atoms with Crippen LogP contribution in [-0.2, 0) is 18.6 Å². The summed E-state index contributed by atoms with van der Waals surface area (Å²) in [4.78, 5) is 0. The molecule has 0 spiro atoms. The lowest BCUT2D eigenvalue weighted by molar-refractivity contribution is 0.00578. The fraction of sp³-hybridized carbons (Fsp3) is 0.545. The van der Waals surface area contributed by atoms with E-state index in [0.29, 0.717) is 0 Å². The Morgan fingerprint density at radius 1 is 0.500 bits per heavy atom. The molecule has 2 fully saturated rings. The van der Waals surface area contributed by atoms with Gasteiger partial charge in [-0.2, -0.15) is 0 Å². The van der Waals surface area contributed by atoms with Crippen LogP contribution in [-0.4, -0.2) is 36.6 Å². The van der Waals surface area contributed by atoms with Gasteiger partial charge in [-0.05, 0) is 77.4 Å². The molecule has 4 rings (SSSR count). The van der Waals surface area contributed by atoms with Crippen LogP contribution in [0.5, 0.6) is 0 Å². The molecule has 4 nitrogen and oxygen atoms in total. The van der Waals surface area contributed by atoms with E-state index in [1.807, 2.05) is 0 Å². The van der Waals surface area contributed by atoms with Crippen LogP contribution < -0.4 is 10.9 Å². The Hall–Kier alpha value is -1.33. The molecule has 0 aromatic rings. The molecule has 4 aliphatic rings. The molecule has 0 N–H and O–H groups in total. The van der Waals surface area contributed by atoms with Crippen molar-refractivity contribution in [3.63, 3.8) is 0 Å². The standard InChI is InChI=1S/C22H30B2O4/c1-19(2)20(3,4)26-23(25-19)17-11-9-15-13-18(14-16(15)10-12-17)24-27-21(5,6)22(7,8)28-24/h9-14H,1-8H3. The number of hydrogen-bond acceptors (Lipinski definition) is 4. The van der Waals surface area contributed by atoms with Gasteiger partial charge < -0.3 is 18.6 Å². The van der Waals surface area contributed by atoms with Crippen molar-refractivity contribution in [2.24, 2.45) is 0 Å². The molecule has 0 bridgehead atoms. The van der Waals surface area contributed by atoms with Gasteiger partial charge in [-0.3, -0.25) is 0 Å². The molecule has 0 unspecified atom stereocenters. The van der Waals surface area contributed by atoms with Crippen molar-refractivity contribution in [1.82, 2.24) is 0 Å². The van der Waals surface area contributed by atoms with Gasteiger partial charge in [0.25, 0.3) is 0 Å². The highest BCUT2D eigenvalue weighted by atomic mass is 16.7. The van der Waals surface area contributed by atoms with Crippen LogP contribution in [0.15, 0.2) is 36.4 Å². The van der Waals surface area contributed by atoms with Crippen LogP contribution in [0.4, 0.5) is 0 Å². The molecule has 2 saturated heterocycles. The van der Waals surface area contributed by atoms with E-state index < -0.39 is 0 Å². The van der Waals surface area contributed by atoms with Gasteiger partial charge >= 0.3 is 14.2 Å². The Kier molecular flexibility index (Phi) is 4.34. The van der Waals surface area contributed by atoms with Crippen molar-refractivity contribution in [2.75, 3.05) is 0 Å². The van der Waals surface area contributed by atoms with E-state index in [4.69, 9.17) is 18.6 Å². The summed E-state index contributed by atoms with van der Waals surface area (Å²) in [5.41, 5.74) is 3.00. The summed E-state index contributed by atoms with van der Waals surface area (Å²) in [6.45, 7) is 16.6. The van der Waals surface area contributed by atoms with E-state index in [1.54, 1.807) is 0 Å². The third-order valence-electron chi connectivity index (χ3n) is 6.94. The first kappa shape index (κ1) is 20.0. The molecule has 0 aromatic heterocycles. The minimum absolute atomic E-state index is 0.338. The van der Waals surface area contributed by atoms with Gasteiger partial charge in [-0.25, -0.2) is 0 Å². The molecular formula is C22H30B2O4. The molecule has 148 valence electrons. The van der Waals surface area contributed by atoms with Crippen molar-refractivity contribution < 1.29 is 18.6 Å². The fourth-order valence-electron chi connectivity index (χ4n) is 3.54. The summed E-state index contributed by atoms with van der Waals surface area (Å²) in [6.07, 6.45) is 0. The van der Waals surface area contributed by atoms with Crippen molar-refractivity contribution in [2.45, 2.75) is 77.8 Å². The third kappa shape index (κ3) is 3.11. The van der Waals surface area contributed by atoms with E-state index in [0.717, 1.165) is 22.1 Å². The molecule has 2 heterocycles. The van der Waals surface area contributed by atoms with Gasteiger partial charge in [-0.1, -0.05) is 36.4 Å². The molecule has 0 aromatic carbocycles. The van der Waals surface area contributed by atoms with Gasteiger partial charge in [-0.15, -0.1) is 0 Å². The van der Waals surface area contributed by atoms with E-state index >= 15 is 0 Å². The SMILES string of the molecule is CC1(C)OB(c2ccc3cc(B4OC(C)(C)C(C)(C)O4)cc-3cc2)OC1(C)C. The highest BCUT2D eigenvalue weighted by molar-refractivity contribution is 6.63. The van der Waals surface area contributed by atoms with Crippen LogP contribution in [0, 0.1) is 0 Å². The molecule has 2 aliphatic carbocycles. The van der Waals surface area contributed by atoms with Gasteiger partial charge in [0.05, 0.1) is 22.4 Å². The van der Waals surface area contributed by atoms with Crippen LogP contribution in [0.25, 0.3) is 11.1 Å². The van der Waals surface area contributed by atoms with Crippen molar-refractivity contribution >= 4 is 25.2 Å². The largest absolute Gasteiger partial charge is 0.494 e. The first-order valence-electron chi connectivity index (χ1n) is 10.1. The molecule has 0 atom stereocenters. The van der Waals surface area contributed by atoms with Crippen LogP contribution in [0.3, 0.4) is 0 Å². The maximum absolute atomic E-state index is 6.19. The average molecular weight is 380 g/mol. The van der Waals surface area contributed by atoms with Gasteiger partial charge in [0, 0.05) is 0 Å². The number of hydrogen-bond donors (Lipinski definition) is 0. The summed E-state index contributed by atoms with van der Waals surface area (Å²) >= 11 is 0. The van der Waals surface area contributed by atoms with Crippen LogP contribution in [0.1, 0.15) is 55.4 Å². The lowest BCUT2D eigenvalue weighted by Gasteiger charge is -2.32. The lowest BCUT2D eigenvalue weighted by Crippen LogP contribution is -2.41. The van der Waals surface area contributed by atoms with E-state index in [-0.39, 0.29) is 36.6 Å². The maximum Gasteiger partial charge on any atom is 0.494 e. The maximum atomic E-state index is 6.19. The second-order valence-corrected chi connectivity index (χ2v) is 10.0. The molecule has 28 heavy (non-hydrogen) atoms. The molecular weight excluding hydrogens is 350 g/mol. The first-order chi connectivity index (χ1) is 12.8. The number of rotatable bonds is 2. The Morgan fingerprint density at radius 2 is 0.821 bits per heavy atom. The summed E-state index contributed by atoms with van der Waals surface area (Å²) < 4.78 is 24.8. The zero-order chi connectivity index (χ0) is 20.5. The number of fused-ring (bicyclic) bond motifs is 1. The normalized spacial score (nSPS) is 24.9. The molecule has 2 aliphatic heterocycles. The summed E-state index contributed by atoms with van der Waals surface area (Å²) in [7, 11) is -0.700. The molecule has 0 amide bonds. The summed E-state index contributed by atoms with van der Waals surface area (Å²) in [5.74, 6) is 0. The van der Waals surface area contributed by atoms with E-state index in [9.17, 15) is 0 Å². The van der Waals surface area contributed by atoms with Gasteiger partial charge in [0.2, 0.25) is 0 Å². The van der Waals surface area contributed by atoms with Gasteiger partial charge in [0.1, 0.15) is 0 Å². The van der Waals surface area contributed by atoms with Crippen molar-refractivity contribution in [3.8, 4) is 11.1 Å². The molecule has 0 saturated carbocycles. The predicted octanol–water partition coefficient (Wildman–Crippen LogP) is 3.39. The van der Waals surface area contributed by atoms with Crippen molar-refractivity contribution in [1.29, 1.82) is 0 Å². The van der Waals surface area contributed by atoms with Crippen LogP contribution in [0.2, 0.25) is 0 Å². The third-order valence-corrected chi connectivity index (χ3v) is 6.94.